The molecule has 0 spiro atoms. The van der Waals surface area contributed by atoms with E-state index < -0.39 is 47.4 Å². The highest BCUT2D eigenvalue weighted by Gasteiger charge is 2.61. The first-order chi connectivity index (χ1) is 24.3. The molecule has 260 valence electrons. The van der Waals surface area contributed by atoms with Gasteiger partial charge in [-0.2, -0.15) is 15.0 Å². The number of thiazole rings is 1. The van der Waals surface area contributed by atoms with Crippen molar-refractivity contribution in [2.45, 2.75) is 68.6 Å². The van der Waals surface area contributed by atoms with E-state index in [1.807, 2.05) is 41.8 Å². The molecule has 0 bridgehead atoms. The van der Waals surface area contributed by atoms with Crippen molar-refractivity contribution in [3.05, 3.63) is 66.0 Å². The predicted molar refractivity (Wildman–Crippen MR) is 181 cm³/mol. The first-order valence-electron chi connectivity index (χ1n) is 16.6. The second kappa shape index (κ2) is 13.9. The maximum absolute atomic E-state index is 14.4. The van der Waals surface area contributed by atoms with Gasteiger partial charge >= 0.3 is 5.97 Å². The molecule has 0 radical (unpaired) electrons. The third-order valence-corrected chi connectivity index (χ3v) is 10.4. The minimum Gasteiger partial charge on any atom is -0.497 e. The molecule has 2 fully saturated rings. The number of H-pyrrole nitrogens is 1. The van der Waals surface area contributed by atoms with Crippen LogP contribution in [0.4, 0.5) is 0 Å². The summed E-state index contributed by atoms with van der Waals surface area (Å²) in [5.41, 5.74) is 0.733. The number of hydrogen-bond donors (Lipinski definition) is 4. The van der Waals surface area contributed by atoms with Gasteiger partial charge in [0, 0.05) is 42.2 Å². The second-order valence-electron chi connectivity index (χ2n) is 12.8. The summed E-state index contributed by atoms with van der Waals surface area (Å²) < 4.78 is 5.33. The smallest absolute Gasteiger partial charge is 0.330 e. The summed E-state index contributed by atoms with van der Waals surface area (Å²) >= 11 is 1.41. The maximum Gasteiger partial charge on any atom is 0.330 e. The Kier molecular flexibility index (Phi) is 9.18. The molecule has 0 unspecified atom stereocenters. The number of methoxy groups -OCH3 is 1. The zero-order valence-corrected chi connectivity index (χ0v) is 28.1. The molecule has 4 aromatic rings. The monoisotopic (exact) mass is 699 g/mol. The van der Waals surface area contributed by atoms with Crippen LogP contribution in [0.25, 0.3) is 22.0 Å². The summed E-state index contributed by atoms with van der Waals surface area (Å²) in [5, 5.41) is 34.6. The number of amides is 3. The number of carboxylic acid groups (broad SMARTS) is 1. The van der Waals surface area contributed by atoms with Crippen LogP contribution in [0.1, 0.15) is 61.3 Å². The average Bonchev–Trinajstić information content (AvgIpc) is 3.77. The molecule has 1 aliphatic carbocycles. The van der Waals surface area contributed by atoms with Gasteiger partial charge in [-0.3, -0.25) is 19.5 Å². The summed E-state index contributed by atoms with van der Waals surface area (Å²) in [6.45, 7) is 0.0619. The van der Waals surface area contributed by atoms with Gasteiger partial charge in [0.05, 0.1) is 24.9 Å². The molecule has 5 heterocycles. The number of aromatic nitrogens is 6. The largest absolute Gasteiger partial charge is 0.497 e. The summed E-state index contributed by atoms with van der Waals surface area (Å²) in [6.07, 6.45) is 12.1. The average molecular weight is 700 g/mol. The van der Waals surface area contributed by atoms with Crippen LogP contribution in [0.5, 0.6) is 5.75 Å². The number of benzene rings is 1. The van der Waals surface area contributed by atoms with Gasteiger partial charge in [-0.25, -0.2) is 9.78 Å². The van der Waals surface area contributed by atoms with Gasteiger partial charge < -0.3 is 25.4 Å². The van der Waals surface area contributed by atoms with Crippen LogP contribution in [0.2, 0.25) is 0 Å². The van der Waals surface area contributed by atoms with Crippen molar-refractivity contribution in [2.24, 2.45) is 5.92 Å². The standard InChI is InChI=1S/C34H37N9O6S/c1-49-24-11-9-20(10-12-24)27-28(31-35-13-14-50-31)41-43(40-27)23-15-26-30(45)39-34(33(47)48)16-22(34)7-5-3-2-4-6-8-25(32(46)42(26)19-23)38-29(44)21-17-36-37-18-21/h5,7,9-14,17-18,22-23,25-26H,2-4,6,8,15-16,19H2,1H3,(H,36,37)(H,38,44)(H,39,45)(H,47,48)/b7-5-/t22-,23+,25-,26-,34+/m0/s1. The van der Waals surface area contributed by atoms with Crippen LogP contribution in [0, 0.1) is 5.92 Å². The summed E-state index contributed by atoms with van der Waals surface area (Å²) in [6, 6.07) is 4.89. The van der Waals surface area contributed by atoms with Crippen molar-refractivity contribution in [1.82, 2.24) is 45.7 Å². The fourth-order valence-corrected chi connectivity index (χ4v) is 7.40. The minimum atomic E-state index is -1.45. The van der Waals surface area contributed by atoms with Crippen molar-refractivity contribution in [3.63, 3.8) is 0 Å². The van der Waals surface area contributed by atoms with Gasteiger partial charge in [0.1, 0.15) is 39.8 Å². The molecule has 3 aromatic heterocycles. The van der Waals surface area contributed by atoms with Crippen LogP contribution in [0.3, 0.4) is 0 Å². The van der Waals surface area contributed by atoms with Crippen LogP contribution >= 0.6 is 11.3 Å². The molecule has 16 heteroatoms. The van der Waals surface area contributed by atoms with Gasteiger partial charge in [-0.1, -0.05) is 25.0 Å². The quantitative estimate of drug-likeness (QED) is 0.208. The van der Waals surface area contributed by atoms with Crippen molar-refractivity contribution >= 4 is 35.0 Å². The lowest BCUT2D eigenvalue weighted by Crippen LogP contribution is -2.56. The second-order valence-corrected chi connectivity index (χ2v) is 13.7. The molecular formula is C34H37N9O6S. The number of ether oxygens (including phenoxy) is 1. The van der Waals surface area contributed by atoms with E-state index in [9.17, 15) is 24.3 Å². The number of carbonyl (C=O) groups excluding carboxylic acids is 3. The fraction of sp³-hybridized carbons (Fsp3) is 0.412. The fourth-order valence-electron chi connectivity index (χ4n) is 6.77. The number of rotatable bonds is 7. The highest BCUT2D eigenvalue weighted by atomic mass is 32.1. The molecule has 3 amide bonds. The first-order valence-corrected chi connectivity index (χ1v) is 17.5. The van der Waals surface area contributed by atoms with Gasteiger partial charge in [-0.15, -0.1) is 16.4 Å². The van der Waals surface area contributed by atoms with Crippen LogP contribution < -0.4 is 15.4 Å². The van der Waals surface area contributed by atoms with E-state index in [1.54, 1.807) is 13.3 Å². The van der Waals surface area contributed by atoms with Gasteiger partial charge in [-0.05, 0) is 49.9 Å². The van der Waals surface area contributed by atoms with E-state index in [4.69, 9.17) is 14.9 Å². The number of nitrogens with one attached hydrogen (secondary N) is 3. The van der Waals surface area contributed by atoms with Gasteiger partial charge in [0.15, 0.2) is 0 Å². The molecular weight excluding hydrogens is 662 g/mol. The Morgan fingerprint density at radius 1 is 1.12 bits per heavy atom. The number of allylic oxidation sites excluding steroid dienone is 1. The van der Waals surface area contributed by atoms with E-state index >= 15 is 0 Å². The Labute approximate surface area is 291 Å². The molecule has 1 saturated carbocycles. The Morgan fingerprint density at radius 2 is 1.94 bits per heavy atom. The molecule has 2 aliphatic heterocycles. The van der Waals surface area contributed by atoms with E-state index in [0.29, 0.717) is 35.0 Å². The molecule has 7 rings (SSSR count). The Bertz CT molecular complexity index is 1890. The third-order valence-electron chi connectivity index (χ3n) is 9.66. The van der Waals surface area contributed by atoms with E-state index in [0.717, 1.165) is 24.8 Å². The van der Waals surface area contributed by atoms with Gasteiger partial charge in [0.2, 0.25) is 11.8 Å². The first kappa shape index (κ1) is 33.1. The predicted octanol–water partition coefficient (Wildman–Crippen LogP) is 3.22. The van der Waals surface area contributed by atoms with E-state index in [1.165, 1.54) is 33.4 Å². The molecule has 4 N–H and O–H groups in total. The lowest BCUT2D eigenvalue weighted by molar-refractivity contribution is -0.145. The molecule has 5 atom stereocenters. The van der Waals surface area contributed by atoms with Crippen molar-refractivity contribution in [2.75, 3.05) is 13.7 Å². The topological polar surface area (TPSA) is 197 Å². The number of carbonyl (C=O) groups is 4. The van der Waals surface area contributed by atoms with Gasteiger partial charge in [0.25, 0.3) is 5.91 Å². The highest BCUT2D eigenvalue weighted by Crippen LogP contribution is 2.45. The maximum atomic E-state index is 14.4. The Balaban J connectivity index is 1.24. The lowest BCUT2D eigenvalue weighted by Gasteiger charge is -2.29. The van der Waals surface area contributed by atoms with Crippen molar-refractivity contribution < 1.29 is 29.0 Å². The third kappa shape index (κ3) is 6.49. The SMILES string of the molecule is COc1ccc(-c2nn([C@@H]3C[C@H]4C(=O)N[C@]5(C(=O)O)C[C@@H]5/C=C\CCCCC[C@H](NC(=O)c5cn[nH]c5)C(=O)N4C3)nc2-c2nccs2)cc1. The summed E-state index contributed by atoms with van der Waals surface area (Å²) in [4.78, 5) is 61.6. The van der Waals surface area contributed by atoms with Crippen LogP contribution in [-0.4, -0.2) is 95.1 Å². The highest BCUT2D eigenvalue weighted by molar-refractivity contribution is 7.13. The molecule has 1 saturated heterocycles. The molecule has 50 heavy (non-hydrogen) atoms. The van der Waals surface area contributed by atoms with Crippen molar-refractivity contribution in [1.29, 1.82) is 0 Å². The molecule has 15 nitrogen and oxygen atoms in total. The normalized spacial score (nSPS) is 26.1. The Morgan fingerprint density at radius 3 is 2.66 bits per heavy atom. The van der Waals surface area contributed by atoms with Crippen LogP contribution in [-0.2, 0) is 14.4 Å². The number of hydrogen-bond acceptors (Lipinski definition) is 10. The molecule has 1 aromatic carbocycles. The summed E-state index contributed by atoms with van der Waals surface area (Å²) in [5.74, 6) is -2.25. The minimum absolute atomic E-state index is 0.0619. The number of nitrogens with zero attached hydrogens (tertiary/aromatic N) is 6. The number of aliphatic carboxylic acids is 1. The lowest BCUT2D eigenvalue weighted by atomic mass is 10.0. The van der Waals surface area contributed by atoms with Crippen LogP contribution in [0.15, 0.2) is 60.4 Å². The zero-order chi connectivity index (χ0) is 34.8. The zero-order valence-electron chi connectivity index (χ0n) is 27.3. The van der Waals surface area contributed by atoms with Crippen molar-refractivity contribution in [3.8, 4) is 27.7 Å². The number of carboxylic acids is 1. The van der Waals surface area contributed by atoms with E-state index in [-0.39, 0.29) is 30.9 Å². The Hall–Kier alpha value is -5.38. The van der Waals surface area contributed by atoms with E-state index in [2.05, 4.69) is 25.8 Å². The summed E-state index contributed by atoms with van der Waals surface area (Å²) in [7, 11) is 1.59. The molecule has 3 aliphatic rings. The number of aromatic amines is 1. The number of fused-ring (bicyclic) bond motifs is 2.